The van der Waals surface area contributed by atoms with Crippen LogP contribution in [0.25, 0.3) is 0 Å². The fraction of sp³-hybridized carbons (Fsp3) is 0.321. The summed E-state index contributed by atoms with van der Waals surface area (Å²) in [7, 11) is 0. The molecule has 10 heteroatoms. The van der Waals surface area contributed by atoms with Crippen LogP contribution >= 0.6 is 0 Å². The first-order valence-electron chi connectivity index (χ1n) is 12.3. The minimum Gasteiger partial charge on any atom is -0.381 e. The van der Waals surface area contributed by atoms with E-state index in [1.165, 1.54) is 6.07 Å². The molecule has 0 bridgehead atoms. The molecule has 38 heavy (non-hydrogen) atoms. The molecule has 3 atom stereocenters. The minimum atomic E-state index is -3.30. The number of H-pyrrole nitrogens is 1. The van der Waals surface area contributed by atoms with E-state index in [2.05, 4.69) is 15.6 Å². The van der Waals surface area contributed by atoms with Gasteiger partial charge in [-0.05, 0) is 42.2 Å². The monoisotopic (exact) mass is 524 g/mol. The second kappa shape index (κ2) is 11.6. The van der Waals surface area contributed by atoms with Crippen molar-refractivity contribution in [3.8, 4) is 0 Å². The molecule has 1 aliphatic rings. The van der Waals surface area contributed by atoms with Crippen molar-refractivity contribution in [2.75, 3.05) is 6.54 Å². The number of aromatic amines is 1. The molecule has 0 saturated carbocycles. The number of rotatable bonds is 9. The Morgan fingerprint density at radius 2 is 1.79 bits per heavy atom. The minimum absolute atomic E-state index is 0.0641. The van der Waals surface area contributed by atoms with Crippen LogP contribution in [0.2, 0.25) is 0 Å². The van der Waals surface area contributed by atoms with Crippen molar-refractivity contribution in [2.45, 2.75) is 50.4 Å². The van der Waals surface area contributed by atoms with E-state index in [0.717, 1.165) is 21.6 Å². The zero-order valence-corrected chi connectivity index (χ0v) is 20.9. The van der Waals surface area contributed by atoms with Crippen molar-refractivity contribution >= 4 is 17.7 Å². The van der Waals surface area contributed by atoms with Crippen LogP contribution in [0.1, 0.15) is 33.6 Å². The summed E-state index contributed by atoms with van der Waals surface area (Å²) in [4.78, 5) is 42.5. The molecule has 200 valence electrons. The normalized spacial score (nSPS) is 18.0. The fourth-order valence-electron chi connectivity index (χ4n) is 4.56. The van der Waals surface area contributed by atoms with Gasteiger partial charge in [0.05, 0.1) is 12.6 Å². The number of alkyl halides is 2. The molecule has 1 saturated heterocycles. The zero-order valence-electron chi connectivity index (χ0n) is 20.9. The molecule has 1 fully saturated rings. The topological polar surface area (TPSA) is 115 Å². The van der Waals surface area contributed by atoms with Crippen molar-refractivity contribution in [1.82, 2.24) is 20.5 Å². The van der Waals surface area contributed by atoms with Gasteiger partial charge in [-0.15, -0.1) is 0 Å². The molecule has 0 aliphatic carbocycles. The standard InChI is InChI=1S/C28H30F2N4O4/c1-18-8-5-6-11-20(18)16-32-26(37)23-15-28(29,30)17-34(23)27(38)24(35)22(14-19-9-3-2-4-10-19)33-25(36)21-12-7-13-31-21/h2-13,22-24,31,35H,14-17H2,1H3,(H,32,37)(H,33,36)/t22-,23-,24-/m0/s1. The number of hydrogen-bond donors (Lipinski definition) is 4. The molecule has 1 aromatic heterocycles. The maximum absolute atomic E-state index is 14.5. The van der Waals surface area contributed by atoms with Crippen LogP contribution < -0.4 is 10.6 Å². The van der Waals surface area contributed by atoms with Gasteiger partial charge in [-0.25, -0.2) is 8.78 Å². The molecule has 4 N–H and O–H groups in total. The van der Waals surface area contributed by atoms with Crippen molar-refractivity contribution in [3.63, 3.8) is 0 Å². The third-order valence-electron chi connectivity index (χ3n) is 6.66. The average molecular weight is 525 g/mol. The molecule has 2 aromatic carbocycles. The maximum atomic E-state index is 14.5. The average Bonchev–Trinajstić information content (AvgIpc) is 3.55. The van der Waals surface area contributed by atoms with Gasteiger partial charge >= 0.3 is 0 Å². The lowest BCUT2D eigenvalue weighted by molar-refractivity contribution is -0.147. The second-order valence-electron chi connectivity index (χ2n) is 9.48. The largest absolute Gasteiger partial charge is 0.381 e. The van der Waals surface area contributed by atoms with Crippen LogP contribution in [0.5, 0.6) is 0 Å². The van der Waals surface area contributed by atoms with Crippen molar-refractivity contribution in [2.24, 2.45) is 0 Å². The number of carbonyl (C=O) groups is 3. The number of amides is 3. The molecule has 0 spiro atoms. The summed E-state index contributed by atoms with van der Waals surface area (Å²) in [6.45, 7) is 0.973. The summed E-state index contributed by atoms with van der Waals surface area (Å²) in [5, 5.41) is 16.3. The summed E-state index contributed by atoms with van der Waals surface area (Å²) >= 11 is 0. The molecule has 8 nitrogen and oxygen atoms in total. The number of hydrogen-bond acceptors (Lipinski definition) is 4. The maximum Gasteiger partial charge on any atom is 0.268 e. The number of nitrogens with zero attached hydrogens (tertiary/aromatic N) is 1. The van der Waals surface area contributed by atoms with Gasteiger partial charge in [0.15, 0.2) is 6.10 Å². The molecule has 2 heterocycles. The van der Waals surface area contributed by atoms with E-state index in [1.54, 1.807) is 48.7 Å². The molecule has 3 amide bonds. The molecule has 0 unspecified atom stereocenters. The van der Waals surface area contributed by atoms with E-state index in [1.807, 2.05) is 25.1 Å². The number of halogens is 2. The first-order valence-corrected chi connectivity index (χ1v) is 12.3. The number of benzene rings is 2. The fourth-order valence-corrected chi connectivity index (χ4v) is 4.56. The molecular weight excluding hydrogens is 494 g/mol. The number of aromatic nitrogens is 1. The SMILES string of the molecule is Cc1ccccc1CNC(=O)[C@@H]1CC(F)(F)CN1C(=O)[C@@H](O)[C@H](Cc1ccccc1)NC(=O)c1ccc[nH]1. The Hall–Kier alpha value is -4.05. The highest BCUT2D eigenvalue weighted by Gasteiger charge is 2.51. The third kappa shape index (κ3) is 6.44. The number of likely N-dealkylation sites (tertiary alicyclic amines) is 1. The molecule has 1 aliphatic heterocycles. The van der Waals surface area contributed by atoms with Crippen LogP contribution in [0, 0.1) is 6.92 Å². The lowest BCUT2D eigenvalue weighted by Crippen LogP contribution is -2.55. The zero-order chi connectivity index (χ0) is 27.3. The van der Waals surface area contributed by atoms with Crippen LogP contribution in [-0.2, 0) is 22.6 Å². The Kier molecular flexibility index (Phi) is 8.21. The number of aliphatic hydroxyl groups excluding tert-OH is 1. The highest BCUT2D eigenvalue weighted by atomic mass is 19.3. The van der Waals surface area contributed by atoms with E-state index in [0.29, 0.717) is 0 Å². The Morgan fingerprint density at radius 3 is 2.47 bits per heavy atom. The molecule has 3 aromatic rings. The van der Waals surface area contributed by atoms with Crippen LogP contribution in [0.4, 0.5) is 8.78 Å². The highest BCUT2D eigenvalue weighted by Crippen LogP contribution is 2.33. The van der Waals surface area contributed by atoms with Gasteiger partial charge in [0, 0.05) is 19.2 Å². The van der Waals surface area contributed by atoms with Gasteiger partial charge in [0.25, 0.3) is 17.7 Å². The van der Waals surface area contributed by atoms with E-state index < -0.39 is 54.8 Å². The van der Waals surface area contributed by atoms with E-state index in [4.69, 9.17) is 0 Å². The second-order valence-corrected chi connectivity index (χ2v) is 9.48. The van der Waals surface area contributed by atoms with Crippen molar-refractivity contribution < 1.29 is 28.3 Å². The summed E-state index contributed by atoms with van der Waals surface area (Å²) in [6.07, 6.45) is -1.11. The highest BCUT2D eigenvalue weighted by molar-refractivity contribution is 5.94. The quantitative estimate of drug-likeness (QED) is 0.345. The van der Waals surface area contributed by atoms with E-state index in [9.17, 15) is 28.3 Å². The number of aryl methyl sites for hydroxylation is 1. The number of nitrogens with one attached hydrogen (secondary N) is 3. The van der Waals surface area contributed by atoms with Gasteiger partial charge in [0.2, 0.25) is 5.91 Å². The molecular formula is C28H30F2N4O4. The Balaban J connectivity index is 1.52. The van der Waals surface area contributed by atoms with Gasteiger partial charge in [0.1, 0.15) is 11.7 Å². The summed E-state index contributed by atoms with van der Waals surface area (Å²) < 4.78 is 28.9. The van der Waals surface area contributed by atoms with Crippen LogP contribution in [0.3, 0.4) is 0 Å². The van der Waals surface area contributed by atoms with Gasteiger partial charge in [-0.1, -0.05) is 54.6 Å². The predicted molar refractivity (Wildman–Crippen MR) is 136 cm³/mol. The summed E-state index contributed by atoms with van der Waals surface area (Å²) in [5.41, 5.74) is 2.67. The van der Waals surface area contributed by atoms with E-state index in [-0.39, 0.29) is 18.7 Å². The number of aliphatic hydroxyl groups is 1. The first-order chi connectivity index (χ1) is 18.1. The molecule has 4 rings (SSSR count). The Labute approximate surface area is 219 Å². The number of carbonyl (C=O) groups excluding carboxylic acids is 3. The predicted octanol–water partition coefficient (Wildman–Crippen LogP) is 2.58. The lowest BCUT2D eigenvalue weighted by Gasteiger charge is -2.30. The van der Waals surface area contributed by atoms with Crippen LogP contribution in [0.15, 0.2) is 72.9 Å². The Bertz CT molecular complexity index is 1270. The van der Waals surface area contributed by atoms with Gasteiger partial charge < -0.3 is 25.6 Å². The summed E-state index contributed by atoms with van der Waals surface area (Å²) in [5.74, 6) is -5.66. The third-order valence-corrected chi connectivity index (χ3v) is 6.66. The van der Waals surface area contributed by atoms with Gasteiger partial charge in [-0.2, -0.15) is 0 Å². The van der Waals surface area contributed by atoms with Crippen molar-refractivity contribution in [1.29, 1.82) is 0 Å². The summed E-state index contributed by atoms with van der Waals surface area (Å²) in [6, 6.07) is 16.7. The van der Waals surface area contributed by atoms with Crippen molar-refractivity contribution in [3.05, 3.63) is 95.3 Å². The molecule has 0 radical (unpaired) electrons. The first kappa shape index (κ1) is 27.0. The van der Waals surface area contributed by atoms with E-state index >= 15 is 0 Å². The van der Waals surface area contributed by atoms with Gasteiger partial charge in [-0.3, -0.25) is 14.4 Å². The Morgan fingerprint density at radius 1 is 1.08 bits per heavy atom. The lowest BCUT2D eigenvalue weighted by atomic mass is 9.99. The van der Waals surface area contributed by atoms with Crippen LogP contribution in [-0.4, -0.2) is 63.4 Å². The smallest absolute Gasteiger partial charge is 0.268 e.